The van der Waals surface area contributed by atoms with Gasteiger partial charge in [0.2, 0.25) is 0 Å². The second-order valence-corrected chi connectivity index (χ2v) is 6.57. The Bertz CT molecular complexity index is 596. The molecule has 0 fully saturated rings. The van der Waals surface area contributed by atoms with E-state index in [2.05, 4.69) is 15.6 Å². The highest BCUT2D eigenvalue weighted by molar-refractivity contribution is 5.78. The zero-order chi connectivity index (χ0) is 17.6. The lowest BCUT2D eigenvalue weighted by molar-refractivity contribution is 0.0529. The minimum atomic E-state index is -0.510. The van der Waals surface area contributed by atoms with Crippen LogP contribution in [-0.4, -0.2) is 37.4 Å². The third kappa shape index (κ3) is 5.64. The molecule has 0 saturated carbocycles. The molecule has 1 amide bonds. The summed E-state index contributed by atoms with van der Waals surface area (Å²) in [4.78, 5) is 15.7. The van der Waals surface area contributed by atoms with Crippen molar-refractivity contribution < 1.29 is 14.3 Å². The second-order valence-electron chi connectivity index (χ2n) is 6.57. The van der Waals surface area contributed by atoms with Crippen molar-refractivity contribution in [3.63, 3.8) is 0 Å². The first-order valence-corrected chi connectivity index (χ1v) is 8.10. The minimum Gasteiger partial charge on any atom is -0.493 e. The van der Waals surface area contributed by atoms with Crippen molar-refractivity contribution in [1.82, 2.24) is 10.6 Å². The van der Waals surface area contributed by atoms with Crippen LogP contribution in [0, 0.1) is 0 Å². The molecule has 1 aliphatic rings. The first-order valence-electron chi connectivity index (χ1n) is 8.10. The first-order chi connectivity index (χ1) is 11.3. The lowest BCUT2D eigenvalue weighted by Crippen LogP contribution is -2.38. The Morgan fingerprint density at radius 1 is 1.42 bits per heavy atom. The zero-order valence-corrected chi connectivity index (χ0v) is 14.5. The SMILES string of the molecule is CC(C)(C)OC(=O)NCCN=C(N)NC1CCOc2ccccc21. The molecule has 4 N–H and O–H groups in total. The van der Waals surface area contributed by atoms with Crippen molar-refractivity contribution in [3.05, 3.63) is 29.8 Å². The van der Waals surface area contributed by atoms with Crippen LogP contribution in [0.2, 0.25) is 0 Å². The van der Waals surface area contributed by atoms with Crippen LogP contribution in [0.3, 0.4) is 0 Å². The monoisotopic (exact) mass is 334 g/mol. The number of benzene rings is 1. The molecule has 7 nitrogen and oxygen atoms in total. The Labute approximate surface area is 142 Å². The van der Waals surface area contributed by atoms with Crippen LogP contribution in [0.15, 0.2) is 29.3 Å². The van der Waals surface area contributed by atoms with Gasteiger partial charge in [0.05, 0.1) is 19.2 Å². The number of rotatable bonds is 4. The second kappa shape index (κ2) is 7.90. The summed E-state index contributed by atoms with van der Waals surface area (Å²) in [6, 6.07) is 7.96. The number of guanidine groups is 1. The number of nitrogens with zero attached hydrogens (tertiary/aromatic N) is 1. The van der Waals surface area contributed by atoms with E-state index in [1.165, 1.54) is 0 Å². The normalized spacial score (nSPS) is 17.5. The summed E-state index contributed by atoms with van der Waals surface area (Å²) in [5, 5.41) is 5.85. The van der Waals surface area contributed by atoms with Gasteiger partial charge in [0.25, 0.3) is 0 Å². The van der Waals surface area contributed by atoms with Gasteiger partial charge in [-0.2, -0.15) is 0 Å². The predicted octanol–water partition coefficient (Wildman–Crippen LogP) is 1.94. The largest absolute Gasteiger partial charge is 0.493 e. The molecule has 1 aromatic rings. The Morgan fingerprint density at radius 2 is 2.17 bits per heavy atom. The third-order valence-electron chi connectivity index (χ3n) is 3.34. The van der Waals surface area contributed by atoms with Crippen LogP contribution in [0.25, 0.3) is 0 Å². The molecule has 1 atom stereocenters. The molecule has 2 rings (SSSR count). The van der Waals surface area contributed by atoms with Crippen LogP contribution in [0.1, 0.15) is 38.8 Å². The topological polar surface area (TPSA) is 98.0 Å². The Balaban J connectivity index is 1.78. The predicted molar refractivity (Wildman–Crippen MR) is 93.2 cm³/mol. The van der Waals surface area contributed by atoms with E-state index >= 15 is 0 Å². The highest BCUT2D eigenvalue weighted by Crippen LogP contribution is 2.31. The Kier molecular flexibility index (Phi) is 5.89. The quantitative estimate of drug-likeness (QED) is 0.444. The summed E-state index contributed by atoms with van der Waals surface area (Å²) in [6.45, 7) is 6.84. The Morgan fingerprint density at radius 3 is 2.92 bits per heavy atom. The molecule has 1 aromatic carbocycles. The molecular formula is C17H26N4O3. The van der Waals surface area contributed by atoms with E-state index in [-0.39, 0.29) is 6.04 Å². The number of para-hydroxylation sites is 1. The molecule has 0 bridgehead atoms. The van der Waals surface area contributed by atoms with Crippen LogP contribution in [0.5, 0.6) is 5.75 Å². The Hall–Kier alpha value is -2.44. The fourth-order valence-corrected chi connectivity index (χ4v) is 2.36. The van der Waals surface area contributed by atoms with Gasteiger partial charge in [0, 0.05) is 18.5 Å². The van der Waals surface area contributed by atoms with Crippen LogP contribution < -0.4 is 21.1 Å². The number of ether oxygens (including phenoxy) is 2. The molecular weight excluding hydrogens is 308 g/mol. The summed E-state index contributed by atoms with van der Waals surface area (Å²) >= 11 is 0. The molecule has 1 unspecified atom stereocenters. The highest BCUT2D eigenvalue weighted by Gasteiger charge is 2.21. The van der Waals surface area contributed by atoms with Gasteiger partial charge < -0.3 is 25.8 Å². The van der Waals surface area contributed by atoms with E-state index in [1.54, 1.807) is 0 Å². The van der Waals surface area contributed by atoms with Crippen LogP contribution >= 0.6 is 0 Å². The first kappa shape index (κ1) is 17.9. The average Bonchev–Trinajstić information content (AvgIpc) is 2.50. The lowest BCUT2D eigenvalue weighted by Gasteiger charge is -2.26. The van der Waals surface area contributed by atoms with Gasteiger partial charge in [0.1, 0.15) is 11.4 Å². The molecule has 1 heterocycles. The van der Waals surface area contributed by atoms with Gasteiger partial charge >= 0.3 is 6.09 Å². The number of nitrogens with one attached hydrogen (secondary N) is 2. The van der Waals surface area contributed by atoms with E-state index in [9.17, 15) is 4.79 Å². The molecule has 7 heteroatoms. The smallest absolute Gasteiger partial charge is 0.407 e. The minimum absolute atomic E-state index is 0.0810. The summed E-state index contributed by atoms with van der Waals surface area (Å²) in [5.74, 6) is 1.23. The molecule has 1 aliphatic heterocycles. The van der Waals surface area contributed by atoms with Crippen molar-refractivity contribution >= 4 is 12.1 Å². The summed E-state index contributed by atoms with van der Waals surface area (Å²) in [5.41, 5.74) is 6.50. The molecule has 0 saturated heterocycles. The molecule has 0 aromatic heterocycles. The van der Waals surface area contributed by atoms with Crippen LogP contribution in [0.4, 0.5) is 4.79 Å². The summed E-state index contributed by atoms with van der Waals surface area (Å²) in [6.07, 6.45) is 0.367. The number of carbonyl (C=O) groups is 1. The fraction of sp³-hybridized carbons (Fsp3) is 0.529. The number of hydrogen-bond acceptors (Lipinski definition) is 4. The highest BCUT2D eigenvalue weighted by atomic mass is 16.6. The number of carbonyl (C=O) groups excluding carboxylic acids is 1. The molecule has 132 valence electrons. The van der Waals surface area contributed by atoms with Crippen molar-refractivity contribution in [1.29, 1.82) is 0 Å². The van der Waals surface area contributed by atoms with Crippen molar-refractivity contribution in [3.8, 4) is 5.75 Å². The third-order valence-corrected chi connectivity index (χ3v) is 3.34. The zero-order valence-electron chi connectivity index (χ0n) is 14.5. The van der Waals surface area contributed by atoms with Gasteiger partial charge in [-0.25, -0.2) is 4.79 Å². The molecule has 0 aliphatic carbocycles. The summed E-state index contributed by atoms with van der Waals surface area (Å²) in [7, 11) is 0. The van der Waals surface area contributed by atoms with Crippen LogP contribution in [-0.2, 0) is 4.74 Å². The van der Waals surface area contributed by atoms with Gasteiger partial charge in [-0.05, 0) is 26.8 Å². The van der Waals surface area contributed by atoms with Gasteiger partial charge in [-0.3, -0.25) is 4.99 Å². The molecule has 0 spiro atoms. The van der Waals surface area contributed by atoms with E-state index in [0.29, 0.717) is 25.7 Å². The molecule has 24 heavy (non-hydrogen) atoms. The van der Waals surface area contributed by atoms with Gasteiger partial charge in [-0.1, -0.05) is 18.2 Å². The maximum atomic E-state index is 11.5. The maximum absolute atomic E-state index is 11.5. The van der Waals surface area contributed by atoms with E-state index in [0.717, 1.165) is 17.7 Å². The lowest BCUT2D eigenvalue weighted by atomic mass is 10.0. The van der Waals surface area contributed by atoms with E-state index < -0.39 is 11.7 Å². The molecule has 0 radical (unpaired) electrons. The number of hydrogen-bond donors (Lipinski definition) is 3. The van der Waals surface area contributed by atoms with Gasteiger partial charge in [0.15, 0.2) is 5.96 Å². The van der Waals surface area contributed by atoms with E-state index in [4.69, 9.17) is 15.2 Å². The van der Waals surface area contributed by atoms with E-state index in [1.807, 2.05) is 45.0 Å². The number of amides is 1. The fourth-order valence-electron chi connectivity index (χ4n) is 2.36. The van der Waals surface area contributed by atoms with Crippen molar-refractivity contribution in [2.75, 3.05) is 19.7 Å². The number of aliphatic imine (C=N–C) groups is 1. The van der Waals surface area contributed by atoms with Crippen molar-refractivity contribution in [2.24, 2.45) is 10.7 Å². The standard InChI is InChI=1S/C17H26N4O3/c1-17(2,3)24-16(22)20-10-9-19-15(18)21-13-8-11-23-14-7-5-4-6-12(13)14/h4-7,13H,8-11H2,1-3H3,(H,20,22)(H3,18,19,21). The summed E-state index contributed by atoms with van der Waals surface area (Å²) < 4.78 is 10.8. The maximum Gasteiger partial charge on any atom is 0.407 e. The average molecular weight is 334 g/mol. The van der Waals surface area contributed by atoms with Crippen molar-refractivity contribution in [2.45, 2.75) is 38.8 Å². The van der Waals surface area contributed by atoms with Gasteiger partial charge in [-0.15, -0.1) is 0 Å². The number of nitrogens with two attached hydrogens (primary N) is 1. The number of alkyl carbamates (subject to hydrolysis) is 1. The number of fused-ring (bicyclic) bond motifs is 1.